The molecule has 22 heavy (non-hydrogen) atoms. The molecule has 0 amide bonds. The minimum Gasteiger partial charge on any atom is -0.495 e. The number of ether oxygens (including phenoxy) is 2. The van der Waals surface area contributed by atoms with Gasteiger partial charge in [0.15, 0.2) is 0 Å². The van der Waals surface area contributed by atoms with Crippen LogP contribution in [0.4, 0.5) is 0 Å². The molecule has 1 saturated heterocycles. The lowest BCUT2D eigenvalue weighted by Crippen LogP contribution is -2.46. The van der Waals surface area contributed by atoms with E-state index in [1.165, 1.54) is 32.2 Å². The zero-order chi connectivity index (χ0) is 15.4. The number of nitrogens with zero attached hydrogens (tertiary/aromatic N) is 2. The van der Waals surface area contributed by atoms with Crippen molar-refractivity contribution in [1.82, 2.24) is 15.2 Å². The summed E-state index contributed by atoms with van der Waals surface area (Å²) >= 11 is 0. The van der Waals surface area contributed by atoms with Gasteiger partial charge in [-0.3, -0.25) is 9.88 Å². The van der Waals surface area contributed by atoms with Gasteiger partial charge in [0.05, 0.1) is 25.1 Å². The van der Waals surface area contributed by atoms with Crippen LogP contribution in [0.2, 0.25) is 0 Å². The third kappa shape index (κ3) is 3.59. The van der Waals surface area contributed by atoms with E-state index in [1.54, 1.807) is 13.3 Å². The topological polar surface area (TPSA) is 46.6 Å². The summed E-state index contributed by atoms with van der Waals surface area (Å²) in [7, 11) is 3.50. The number of rotatable bonds is 6. The first-order valence-corrected chi connectivity index (χ1v) is 8.29. The molecule has 5 heteroatoms. The molecule has 1 unspecified atom stereocenters. The summed E-state index contributed by atoms with van der Waals surface area (Å²) in [4.78, 5) is 7.05. The molecule has 0 bridgehead atoms. The van der Waals surface area contributed by atoms with Crippen molar-refractivity contribution in [2.75, 3.05) is 27.3 Å². The summed E-state index contributed by atoms with van der Waals surface area (Å²) in [6.45, 7) is 3.08. The van der Waals surface area contributed by atoms with Crippen LogP contribution in [0.1, 0.15) is 31.4 Å². The summed E-state index contributed by atoms with van der Waals surface area (Å²) < 4.78 is 10.7. The Morgan fingerprint density at radius 2 is 2.18 bits per heavy atom. The molecule has 1 saturated carbocycles. The van der Waals surface area contributed by atoms with Crippen LogP contribution in [0, 0.1) is 0 Å². The van der Waals surface area contributed by atoms with Crippen LogP contribution in [0.15, 0.2) is 18.3 Å². The molecular formula is C17H27N3O2. The van der Waals surface area contributed by atoms with Gasteiger partial charge in [-0.25, -0.2) is 0 Å². The third-order valence-corrected chi connectivity index (χ3v) is 5.04. The molecule has 1 N–H and O–H groups in total. The average molecular weight is 305 g/mol. The summed E-state index contributed by atoms with van der Waals surface area (Å²) in [5.41, 5.74) is 1.07. The number of hydrogen-bond donors (Lipinski definition) is 1. The minimum atomic E-state index is 0.421. The molecule has 2 aliphatic rings. The first kappa shape index (κ1) is 15.7. The van der Waals surface area contributed by atoms with Crippen LogP contribution >= 0.6 is 0 Å². The Bertz CT molecular complexity index is 465. The monoisotopic (exact) mass is 305 g/mol. The predicted octanol–water partition coefficient (Wildman–Crippen LogP) is 1.82. The van der Waals surface area contributed by atoms with Crippen molar-refractivity contribution in [3.8, 4) is 5.75 Å². The number of nitrogens with one attached hydrogen (secondary N) is 1. The quantitative estimate of drug-likeness (QED) is 0.869. The minimum absolute atomic E-state index is 0.421. The fraction of sp³-hybridized carbons (Fsp3) is 0.706. The van der Waals surface area contributed by atoms with Crippen LogP contribution in [0.3, 0.4) is 0 Å². The van der Waals surface area contributed by atoms with E-state index in [4.69, 9.17) is 9.47 Å². The van der Waals surface area contributed by atoms with E-state index in [2.05, 4.69) is 15.2 Å². The van der Waals surface area contributed by atoms with Gasteiger partial charge in [0.2, 0.25) is 0 Å². The molecule has 0 aromatic carbocycles. The number of pyridine rings is 1. The van der Waals surface area contributed by atoms with Crippen molar-refractivity contribution >= 4 is 0 Å². The molecular weight excluding hydrogens is 278 g/mol. The second kappa shape index (κ2) is 7.40. The van der Waals surface area contributed by atoms with Crippen molar-refractivity contribution in [3.63, 3.8) is 0 Å². The Hall–Kier alpha value is -1.17. The van der Waals surface area contributed by atoms with Crippen molar-refractivity contribution in [2.45, 2.75) is 50.4 Å². The summed E-state index contributed by atoms with van der Waals surface area (Å²) in [6.07, 6.45) is 7.24. The zero-order valence-corrected chi connectivity index (χ0v) is 13.6. The SMILES string of the molecule is COc1ccc(CN[C@@H]2CCC[C@@H]2N2CCC(OC)C2)nc1. The number of likely N-dealkylation sites (tertiary alicyclic amines) is 1. The van der Waals surface area contributed by atoms with Crippen LogP contribution in [-0.2, 0) is 11.3 Å². The molecule has 0 radical (unpaired) electrons. The fourth-order valence-corrected chi connectivity index (χ4v) is 3.74. The molecule has 3 atom stereocenters. The summed E-state index contributed by atoms with van der Waals surface area (Å²) in [5, 5.41) is 3.71. The first-order valence-electron chi connectivity index (χ1n) is 8.29. The third-order valence-electron chi connectivity index (χ3n) is 5.04. The molecule has 1 aromatic heterocycles. The largest absolute Gasteiger partial charge is 0.495 e. The van der Waals surface area contributed by atoms with E-state index >= 15 is 0 Å². The molecule has 2 fully saturated rings. The highest BCUT2D eigenvalue weighted by Gasteiger charge is 2.35. The Kier molecular flexibility index (Phi) is 5.28. The Labute approximate surface area is 133 Å². The van der Waals surface area contributed by atoms with E-state index in [0.29, 0.717) is 18.2 Å². The van der Waals surface area contributed by atoms with Crippen molar-refractivity contribution in [2.24, 2.45) is 0 Å². The number of hydrogen-bond acceptors (Lipinski definition) is 5. The molecule has 3 rings (SSSR count). The first-order chi connectivity index (χ1) is 10.8. The van der Waals surface area contributed by atoms with Crippen LogP contribution in [-0.4, -0.2) is 55.4 Å². The molecule has 2 heterocycles. The highest BCUT2D eigenvalue weighted by Crippen LogP contribution is 2.28. The van der Waals surface area contributed by atoms with Gasteiger partial charge in [0.25, 0.3) is 0 Å². The van der Waals surface area contributed by atoms with Crippen LogP contribution < -0.4 is 10.1 Å². The Balaban J connectivity index is 1.52. The van der Waals surface area contributed by atoms with Crippen LogP contribution in [0.25, 0.3) is 0 Å². The van der Waals surface area contributed by atoms with E-state index < -0.39 is 0 Å². The molecule has 122 valence electrons. The van der Waals surface area contributed by atoms with Gasteiger partial charge in [-0.05, 0) is 31.4 Å². The van der Waals surface area contributed by atoms with E-state index in [-0.39, 0.29) is 0 Å². The molecule has 5 nitrogen and oxygen atoms in total. The predicted molar refractivity (Wildman–Crippen MR) is 86.0 cm³/mol. The van der Waals surface area contributed by atoms with Gasteiger partial charge >= 0.3 is 0 Å². The van der Waals surface area contributed by atoms with E-state index in [1.807, 2.05) is 19.2 Å². The highest BCUT2D eigenvalue weighted by atomic mass is 16.5. The molecule has 1 aliphatic carbocycles. The average Bonchev–Trinajstić information content (AvgIpc) is 3.21. The Morgan fingerprint density at radius 3 is 2.86 bits per heavy atom. The lowest BCUT2D eigenvalue weighted by atomic mass is 10.1. The van der Waals surface area contributed by atoms with Gasteiger partial charge in [-0.1, -0.05) is 6.42 Å². The maximum atomic E-state index is 5.50. The van der Waals surface area contributed by atoms with Gasteiger partial charge in [0.1, 0.15) is 5.75 Å². The maximum Gasteiger partial charge on any atom is 0.137 e. The second-order valence-electron chi connectivity index (χ2n) is 6.32. The summed E-state index contributed by atoms with van der Waals surface area (Å²) in [5.74, 6) is 0.810. The van der Waals surface area contributed by atoms with Crippen molar-refractivity contribution in [1.29, 1.82) is 0 Å². The zero-order valence-electron chi connectivity index (χ0n) is 13.6. The second-order valence-corrected chi connectivity index (χ2v) is 6.32. The van der Waals surface area contributed by atoms with Gasteiger partial charge < -0.3 is 14.8 Å². The van der Waals surface area contributed by atoms with Gasteiger partial charge in [-0.2, -0.15) is 0 Å². The lowest BCUT2D eigenvalue weighted by Gasteiger charge is -2.30. The lowest BCUT2D eigenvalue weighted by molar-refractivity contribution is 0.0979. The van der Waals surface area contributed by atoms with E-state index in [9.17, 15) is 0 Å². The van der Waals surface area contributed by atoms with Gasteiger partial charge in [-0.15, -0.1) is 0 Å². The molecule has 1 aromatic rings. The smallest absolute Gasteiger partial charge is 0.137 e. The summed E-state index contributed by atoms with van der Waals surface area (Å²) in [6, 6.07) is 5.23. The standard InChI is InChI=1S/C17H27N3O2/c1-21-14-7-6-13(18-11-14)10-19-16-4-3-5-17(16)20-9-8-15(12-20)22-2/h6-7,11,15-17,19H,3-5,8-10,12H2,1-2H3/t15?,16-,17+/m1/s1. The normalized spacial score (nSPS) is 29.1. The molecule has 1 aliphatic heterocycles. The van der Waals surface area contributed by atoms with E-state index in [0.717, 1.165) is 24.5 Å². The maximum absolute atomic E-state index is 5.50. The van der Waals surface area contributed by atoms with Gasteiger partial charge in [0, 0.05) is 38.8 Å². The highest BCUT2D eigenvalue weighted by molar-refractivity contribution is 5.19. The fourth-order valence-electron chi connectivity index (χ4n) is 3.74. The van der Waals surface area contributed by atoms with Crippen LogP contribution in [0.5, 0.6) is 5.75 Å². The number of methoxy groups -OCH3 is 2. The molecule has 0 spiro atoms. The van der Waals surface area contributed by atoms with Crippen molar-refractivity contribution < 1.29 is 9.47 Å². The number of aromatic nitrogens is 1. The Morgan fingerprint density at radius 1 is 1.27 bits per heavy atom. The van der Waals surface area contributed by atoms with Crippen molar-refractivity contribution in [3.05, 3.63) is 24.0 Å².